The lowest BCUT2D eigenvalue weighted by Gasteiger charge is -2.09. The van der Waals surface area contributed by atoms with Gasteiger partial charge in [0.1, 0.15) is 11.6 Å². The fourth-order valence-corrected chi connectivity index (χ4v) is 1.54. The first-order chi connectivity index (χ1) is 8.06. The molecule has 0 aliphatic rings. The Kier molecular flexibility index (Phi) is 3.41. The van der Waals surface area contributed by atoms with Crippen LogP contribution in [0.25, 0.3) is 0 Å². The van der Waals surface area contributed by atoms with E-state index in [2.05, 4.69) is 0 Å². The first-order valence-corrected chi connectivity index (χ1v) is 5.50. The Hall–Kier alpha value is -1.45. The summed E-state index contributed by atoms with van der Waals surface area (Å²) in [5, 5.41) is 0.561. The molecule has 2 aromatic rings. The van der Waals surface area contributed by atoms with Gasteiger partial charge in [-0.15, -0.1) is 0 Å². The van der Waals surface area contributed by atoms with Crippen LogP contribution in [0.15, 0.2) is 36.4 Å². The van der Waals surface area contributed by atoms with Crippen molar-refractivity contribution in [1.29, 1.82) is 0 Å². The van der Waals surface area contributed by atoms with Crippen molar-refractivity contribution in [3.8, 4) is 11.5 Å². The molecule has 0 aliphatic heterocycles. The Bertz CT molecular complexity index is 543. The van der Waals surface area contributed by atoms with Crippen molar-refractivity contribution in [3.05, 3.63) is 52.3 Å². The fourth-order valence-electron chi connectivity index (χ4n) is 1.26. The van der Waals surface area contributed by atoms with Crippen LogP contribution in [0.4, 0.5) is 10.1 Å². The van der Waals surface area contributed by atoms with E-state index in [4.69, 9.17) is 33.7 Å². The minimum atomic E-state index is -0.576. The number of anilines is 1. The van der Waals surface area contributed by atoms with Gasteiger partial charge in [-0.3, -0.25) is 0 Å². The number of rotatable bonds is 2. The summed E-state index contributed by atoms with van der Waals surface area (Å²) < 4.78 is 18.5. The van der Waals surface area contributed by atoms with Crippen LogP contribution in [-0.4, -0.2) is 0 Å². The Morgan fingerprint density at radius 1 is 1.06 bits per heavy atom. The zero-order valence-corrected chi connectivity index (χ0v) is 10.1. The van der Waals surface area contributed by atoms with Crippen LogP contribution >= 0.6 is 23.2 Å². The predicted molar refractivity (Wildman–Crippen MR) is 67.3 cm³/mol. The quantitative estimate of drug-likeness (QED) is 0.816. The van der Waals surface area contributed by atoms with Gasteiger partial charge in [0.05, 0.1) is 10.7 Å². The normalized spacial score (nSPS) is 10.3. The summed E-state index contributed by atoms with van der Waals surface area (Å²) >= 11 is 11.4. The topological polar surface area (TPSA) is 35.2 Å². The van der Waals surface area contributed by atoms with Crippen LogP contribution in [0.1, 0.15) is 0 Å². The van der Waals surface area contributed by atoms with Crippen molar-refractivity contribution >= 4 is 28.9 Å². The highest BCUT2D eigenvalue weighted by Crippen LogP contribution is 2.32. The maximum absolute atomic E-state index is 13.1. The molecule has 0 saturated carbocycles. The number of hydrogen-bond donors (Lipinski definition) is 1. The second kappa shape index (κ2) is 4.82. The molecule has 17 heavy (non-hydrogen) atoms. The van der Waals surface area contributed by atoms with Crippen molar-refractivity contribution in [2.75, 3.05) is 5.73 Å². The number of ether oxygens (including phenoxy) is 1. The molecule has 2 aromatic carbocycles. The molecule has 0 bridgehead atoms. The molecule has 0 unspecified atom stereocenters. The first kappa shape index (κ1) is 12.0. The van der Waals surface area contributed by atoms with Gasteiger partial charge in [-0.1, -0.05) is 23.2 Å². The third kappa shape index (κ3) is 2.81. The Morgan fingerprint density at radius 3 is 2.35 bits per heavy atom. The monoisotopic (exact) mass is 271 g/mol. The summed E-state index contributed by atoms with van der Waals surface area (Å²) in [7, 11) is 0. The lowest BCUT2D eigenvalue weighted by atomic mass is 10.3. The highest BCUT2D eigenvalue weighted by Gasteiger charge is 2.08. The molecular weight excluding hydrogens is 264 g/mol. The standard InChI is InChI=1S/C12H8Cl2FNO/c13-7-1-3-8(4-2-7)17-12-5-9(14)10(15)6-11(12)16/h1-6H,16H2. The minimum absolute atomic E-state index is 0.0387. The van der Waals surface area contributed by atoms with Gasteiger partial charge in [-0.25, -0.2) is 4.39 Å². The summed E-state index contributed by atoms with van der Waals surface area (Å²) in [6.45, 7) is 0. The smallest absolute Gasteiger partial charge is 0.151 e. The van der Waals surface area contributed by atoms with Crippen LogP contribution in [0.5, 0.6) is 11.5 Å². The maximum atomic E-state index is 13.1. The summed E-state index contributed by atoms with van der Waals surface area (Å²) in [6, 6.07) is 9.17. The number of nitrogens with two attached hydrogens (primary N) is 1. The predicted octanol–water partition coefficient (Wildman–Crippen LogP) is 4.51. The van der Waals surface area contributed by atoms with Gasteiger partial charge in [0.15, 0.2) is 5.75 Å². The van der Waals surface area contributed by atoms with E-state index in [0.717, 1.165) is 6.07 Å². The van der Waals surface area contributed by atoms with Crippen molar-refractivity contribution in [1.82, 2.24) is 0 Å². The van der Waals surface area contributed by atoms with E-state index in [-0.39, 0.29) is 10.7 Å². The molecule has 5 heteroatoms. The van der Waals surface area contributed by atoms with E-state index in [1.54, 1.807) is 24.3 Å². The second-order valence-electron chi connectivity index (χ2n) is 3.36. The lowest BCUT2D eigenvalue weighted by Crippen LogP contribution is -1.93. The minimum Gasteiger partial charge on any atom is -0.455 e. The zero-order valence-electron chi connectivity index (χ0n) is 8.58. The van der Waals surface area contributed by atoms with Crippen LogP contribution < -0.4 is 10.5 Å². The summed E-state index contributed by atoms with van der Waals surface area (Å²) in [5.74, 6) is 0.273. The molecular formula is C12H8Cl2FNO. The third-order valence-electron chi connectivity index (χ3n) is 2.09. The zero-order chi connectivity index (χ0) is 12.4. The van der Waals surface area contributed by atoms with E-state index < -0.39 is 5.82 Å². The van der Waals surface area contributed by atoms with Crippen LogP contribution in [-0.2, 0) is 0 Å². The molecule has 0 heterocycles. The molecule has 0 amide bonds. The molecule has 2 rings (SSSR count). The molecule has 0 radical (unpaired) electrons. The van der Waals surface area contributed by atoms with E-state index in [0.29, 0.717) is 16.5 Å². The molecule has 2 nitrogen and oxygen atoms in total. The van der Waals surface area contributed by atoms with Gasteiger partial charge >= 0.3 is 0 Å². The Balaban J connectivity index is 2.30. The fraction of sp³-hybridized carbons (Fsp3) is 0. The largest absolute Gasteiger partial charge is 0.455 e. The van der Waals surface area contributed by atoms with Gasteiger partial charge in [-0.2, -0.15) is 0 Å². The van der Waals surface area contributed by atoms with E-state index in [9.17, 15) is 4.39 Å². The summed E-state index contributed by atoms with van der Waals surface area (Å²) in [4.78, 5) is 0. The molecule has 0 fully saturated rings. The van der Waals surface area contributed by atoms with Crippen LogP contribution in [0.3, 0.4) is 0 Å². The number of hydrogen-bond acceptors (Lipinski definition) is 2. The van der Waals surface area contributed by atoms with E-state index in [1.807, 2.05) is 0 Å². The Labute approximate surface area is 108 Å². The third-order valence-corrected chi connectivity index (χ3v) is 2.64. The molecule has 0 aliphatic carbocycles. The maximum Gasteiger partial charge on any atom is 0.151 e. The lowest BCUT2D eigenvalue weighted by molar-refractivity contribution is 0.483. The summed E-state index contributed by atoms with van der Waals surface area (Å²) in [5.41, 5.74) is 5.80. The Morgan fingerprint density at radius 2 is 1.71 bits per heavy atom. The van der Waals surface area contributed by atoms with Gasteiger partial charge < -0.3 is 10.5 Å². The summed E-state index contributed by atoms with van der Waals surface area (Å²) in [6.07, 6.45) is 0. The number of benzene rings is 2. The molecule has 0 aromatic heterocycles. The van der Waals surface area contributed by atoms with Crippen molar-refractivity contribution in [2.45, 2.75) is 0 Å². The molecule has 0 spiro atoms. The number of halogens is 3. The van der Waals surface area contributed by atoms with Gasteiger partial charge in [0.25, 0.3) is 0 Å². The van der Waals surface area contributed by atoms with Crippen molar-refractivity contribution in [2.24, 2.45) is 0 Å². The molecule has 0 atom stereocenters. The molecule has 88 valence electrons. The van der Waals surface area contributed by atoms with Gasteiger partial charge in [0.2, 0.25) is 0 Å². The first-order valence-electron chi connectivity index (χ1n) is 4.74. The van der Waals surface area contributed by atoms with E-state index >= 15 is 0 Å². The highest BCUT2D eigenvalue weighted by molar-refractivity contribution is 6.31. The number of nitrogen functional groups attached to an aromatic ring is 1. The molecule has 2 N–H and O–H groups in total. The average Bonchev–Trinajstić information content (AvgIpc) is 2.29. The second-order valence-corrected chi connectivity index (χ2v) is 4.20. The van der Waals surface area contributed by atoms with E-state index in [1.165, 1.54) is 6.07 Å². The van der Waals surface area contributed by atoms with Crippen molar-refractivity contribution < 1.29 is 9.13 Å². The van der Waals surface area contributed by atoms with Crippen LogP contribution in [0.2, 0.25) is 10.0 Å². The molecule has 0 saturated heterocycles. The van der Waals surface area contributed by atoms with Crippen LogP contribution in [0, 0.1) is 5.82 Å². The highest BCUT2D eigenvalue weighted by atomic mass is 35.5. The SMILES string of the molecule is Nc1cc(F)c(Cl)cc1Oc1ccc(Cl)cc1. The van der Waals surface area contributed by atoms with Crippen molar-refractivity contribution in [3.63, 3.8) is 0 Å². The van der Waals surface area contributed by atoms with Gasteiger partial charge in [-0.05, 0) is 24.3 Å². The average molecular weight is 272 g/mol. The van der Waals surface area contributed by atoms with Gasteiger partial charge in [0, 0.05) is 17.2 Å².